The lowest BCUT2D eigenvalue weighted by molar-refractivity contribution is -0.143. The Morgan fingerprint density at radius 3 is 2.61 bits per heavy atom. The number of allylic oxidation sites excluding steroid dienone is 1. The predicted molar refractivity (Wildman–Crippen MR) is 83.3 cm³/mol. The highest BCUT2D eigenvalue weighted by atomic mass is 16.7. The van der Waals surface area contributed by atoms with Gasteiger partial charge in [0.05, 0.1) is 19.3 Å². The molecule has 0 amide bonds. The van der Waals surface area contributed by atoms with Crippen LogP contribution >= 0.6 is 0 Å². The third-order valence-electron chi connectivity index (χ3n) is 3.13. The maximum atomic E-state index is 11.6. The van der Waals surface area contributed by atoms with E-state index >= 15 is 0 Å². The molecule has 128 valence electrons. The van der Waals surface area contributed by atoms with Crippen LogP contribution in [0.1, 0.15) is 41.0 Å². The summed E-state index contributed by atoms with van der Waals surface area (Å²) < 4.78 is 15.8. The zero-order valence-corrected chi connectivity index (χ0v) is 14.3. The van der Waals surface area contributed by atoms with Crippen molar-refractivity contribution in [1.29, 1.82) is 0 Å². The fraction of sp³-hybridized carbons (Fsp3) is 0.647. The van der Waals surface area contributed by atoms with Gasteiger partial charge in [0.25, 0.3) is 0 Å². The zero-order valence-electron chi connectivity index (χ0n) is 14.3. The number of carbonyl (C=O) groups excluding carboxylic acids is 2. The van der Waals surface area contributed by atoms with Gasteiger partial charge in [-0.2, -0.15) is 0 Å². The molecule has 6 heteroatoms. The topological polar surface area (TPSA) is 82.1 Å². The molecule has 6 nitrogen and oxygen atoms in total. The van der Waals surface area contributed by atoms with Gasteiger partial charge in [-0.1, -0.05) is 11.8 Å². The van der Waals surface area contributed by atoms with Gasteiger partial charge in [0.1, 0.15) is 11.2 Å². The largest absolute Gasteiger partial charge is 0.462 e. The predicted octanol–water partition coefficient (Wildman–Crippen LogP) is 1.36. The SMILES string of the molecule is CCOC(=O)/C(=C/C#C[C@](C)(O)C[C@H]1COC(C)(C)O1)C(C)=O. The summed E-state index contributed by atoms with van der Waals surface area (Å²) >= 11 is 0. The van der Waals surface area contributed by atoms with Crippen molar-refractivity contribution in [1.82, 2.24) is 0 Å². The van der Waals surface area contributed by atoms with Crippen molar-refractivity contribution >= 4 is 11.8 Å². The van der Waals surface area contributed by atoms with Gasteiger partial charge in [-0.25, -0.2) is 4.79 Å². The summed E-state index contributed by atoms with van der Waals surface area (Å²) in [5, 5.41) is 10.3. The van der Waals surface area contributed by atoms with Crippen molar-refractivity contribution in [2.24, 2.45) is 0 Å². The third kappa shape index (κ3) is 6.53. The van der Waals surface area contributed by atoms with Crippen LogP contribution in [0.5, 0.6) is 0 Å². The molecule has 1 rings (SSSR count). The molecule has 0 spiro atoms. The molecule has 0 bridgehead atoms. The average Bonchev–Trinajstić information content (AvgIpc) is 2.72. The number of carbonyl (C=O) groups is 2. The molecular weight excluding hydrogens is 300 g/mol. The first kappa shape index (κ1) is 19.4. The molecule has 0 aromatic carbocycles. The number of hydrogen-bond acceptors (Lipinski definition) is 6. The van der Waals surface area contributed by atoms with Crippen molar-refractivity contribution < 1.29 is 28.9 Å². The molecule has 2 atom stereocenters. The molecule has 23 heavy (non-hydrogen) atoms. The molecule has 0 saturated carbocycles. The van der Waals surface area contributed by atoms with Crippen molar-refractivity contribution in [2.45, 2.75) is 58.5 Å². The van der Waals surface area contributed by atoms with E-state index in [9.17, 15) is 14.7 Å². The lowest BCUT2D eigenvalue weighted by Crippen LogP contribution is -2.30. The van der Waals surface area contributed by atoms with Gasteiger partial charge in [-0.15, -0.1) is 0 Å². The fourth-order valence-corrected chi connectivity index (χ4v) is 2.13. The summed E-state index contributed by atoms with van der Waals surface area (Å²) in [6.07, 6.45) is 1.16. The molecule has 0 unspecified atom stereocenters. The average molecular weight is 324 g/mol. The summed E-state index contributed by atoms with van der Waals surface area (Å²) in [7, 11) is 0. The maximum absolute atomic E-state index is 11.6. The molecule has 0 radical (unpaired) electrons. The summed E-state index contributed by atoms with van der Waals surface area (Å²) in [4.78, 5) is 23.0. The zero-order chi connectivity index (χ0) is 17.7. The van der Waals surface area contributed by atoms with Crippen LogP contribution in [0, 0.1) is 11.8 Å². The second kappa shape index (κ2) is 7.73. The first-order chi connectivity index (χ1) is 10.6. The van der Waals surface area contributed by atoms with Crippen LogP contribution in [0.3, 0.4) is 0 Å². The van der Waals surface area contributed by atoms with Crippen LogP contribution in [0.25, 0.3) is 0 Å². The van der Waals surface area contributed by atoms with Crippen LogP contribution in [-0.4, -0.2) is 47.6 Å². The first-order valence-electron chi connectivity index (χ1n) is 7.51. The molecule has 1 heterocycles. The van der Waals surface area contributed by atoms with Gasteiger partial charge in [-0.3, -0.25) is 4.79 Å². The Kier molecular flexibility index (Phi) is 6.51. The lowest BCUT2D eigenvalue weighted by Gasteiger charge is -2.21. The van der Waals surface area contributed by atoms with E-state index in [1.165, 1.54) is 13.0 Å². The van der Waals surface area contributed by atoms with E-state index in [-0.39, 0.29) is 24.7 Å². The van der Waals surface area contributed by atoms with E-state index < -0.39 is 23.1 Å². The second-order valence-electron chi connectivity index (χ2n) is 6.03. The normalized spacial score (nSPS) is 22.7. The van der Waals surface area contributed by atoms with Crippen LogP contribution in [0.15, 0.2) is 11.6 Å². The summed E-state index contributed by atoms with van der Waals surface area (Å²) in [5.74, 6) is 3.37. The molecule has 0 aromatic rings. The number of hydrogen-bond donors (Lipinski definition) is 1. The number of rotatable bonds is 5. The Bertz CT molecular complexity index is 547. The van der Waals surface area contributed by atoms with E-state index in [4.69, 9.17) is 14.2 Å². The molecule has 0 aromatic heterocycles. The van der Waals surface area contributed by atoms with E-state index in [2.05, 4.69) is 11.8 Å². The maximum Gasteiger partial charge on any atom is 0.342 e. The van der Waals surface area contributed by atoms with Crippen LogP contribution in [0.4, 0.5) is 0 Å². The lowest BCUT2D eigenvalue weighted by atomic mass is 9.99. The molecule has 1 saturated heterocycles. The molecule has 1 aliphatic rings. The summed E-state index contributed by atoms with van der Waals surface area (Å²) in [5.41, 5.74) is -1.47. The van der Waals surface area contributed by atoms with E-state index in [1.54, 1.807) is 27.7 Å². The Balaban J connectivity index is 2.76. The number of esters is 1. The van der Waals surface area contributed by atoms with Crippen molar-refractivity contribution in [3.63, 3.8) is 0 Å². The fourth-order valence-electron chi connectivity index (χ4n) is 2.13. The molecule has 1 aliphatic heterocycles. The van der Waals surface area contributed by atoms with Gasteiger partial charge in [-0.05, 0) is 34.6 Å². The van der Waals surface area contributed by atoms with Gasteiger partial charge in [0, 0.05) is 12.5 Å². The summed E-state index contributed by atoms with van der Waals surface area (Å²) in [6.45, 7) is 8.60. The molecular formula is C17H24O6. The smallest absolute Gasteiger partial charge is 0.342 e. The number of ketones is 1. The summed E-state index contributed by atoms with van der Waals surface area (Å²) in [6, 6.07) is 0. The van der Waals surface area contributed by atoms with Gasteiger partial charge >= 0.3 is 5.97 Å². The van der Waals surface area contributed by atoms with Crippen LogP contribution in [0.2, 0.25) is 0 Å². The highest BCUT2D eigenvalue weighted by molar-refractivity contribution is 6.16. The third-order valence-corrected chi connectivity index (χ3v) is 3.13. The van der Waals surface area contributed by atoms with E-state index in [0.29, 0.717) is 6.61 Å². The standard InChI is InChI=1S/C17H24O6/c1-6-21-15(19)14(12(2)18)8-7-9-17(5,20)10-13-11-22-16(3,4)23-13/h8,13,20H,6,10-11H2,1-5H3/b14-8+/t13-,17-/m0/s1. The minimum absolute atomic E-state index is 0.142. The quantitative estimate of drug-likeness (QED) is 0.270. The number of ether oxygens (including phenoxy) is 3. The van der Waals surface area contributed by atoms with Gasteiger partial charge in [0.2, 0.25) is 0 Å². The van der Waals surface area contributed by atoms with Gasteiger partial charge < -0.3 is 19.3 Å². The van der Waals surface area contributed by atoms with Crippen molar-refractivity contribution in [2.75, 3.05) is 13.2 Å². The molecule has 1 N–H and O–H groups in total. The van der Waals surface area contributed by atoms with E-state index in [0.717, 1.165) is 0 Å². The minimum Gasteiger partial charge on any atom is -0.462 e. The Hall–Kier alpha value is -1.68. The Labute approximate surface area is 136 Å². The molecule has 0 aliphatic carbocycles. The van der Waals surface area contributed by atoms with E-state index in [1.807, 2.05) is 0 Å². The highest BCUT2D eigenvalue weighted by Gasteiger charge is 2.36. The molecule has 1 fully saturated rings. The number of aliphatic hydroxyl groups is 1. The first-order valence-corrected chi connectivity index (χ1v) is 7.51. The highest BCUT2D eigenvalue weighted by Crippen LogP contribution is 2.27. The minimum atomic E-state index is -1.33. The Morgan fingerprint density at radius 1 is 1.48 bits per heavy atom. The monoisotopic (exact) mass is 324 g/mol. The van der Waals surface area contributed by atoms with Gasteiger partial charge in [0.15, 0.2) is 11.6 Å². The van der Waals surface area contributed by atoms with Crippen molar-refractivity contribution in [3.8, 4) is 11.8 Å². The van der Waals surface area contributed by atoms with Crippen LogP contribution in [-0.2, 0) is 23.8 Å². The number of Topliss-reactive ketones (excluding diaryl/α,β-unsaturated/α-hetero) is 1. The Morgan fingerprint density at radius 2 is 2.13 bits per heavy atom. The van der Waals surface area contributed by atoms with Crippen LogP contribution < -0.4 is 0 Å². The van der Waals surface area contributed by atoms with Crippen molar-refractivity contribution in [3.05, 3.63) is 11.6 Å². The second-order valence-corrected chi connectivity index (χ2v) is 6.03.